The van der Waals surface area contributed by atoms with Gasteiger partial charge in [-0.1, -0.05) is 125 Å². The van der Waals surface area contributed by atoms with E-state index in [1.807, 2.05) is 90.4 Å². The summed E-state index contributed by atoms with van der Waals surface area (Å²) >= 11 is 46.3. The van der Waals surface area contributed by atoms with E-state index < -0.39 is 17.9 Å². The number of pyridine rings is 1. The number of aryl methyl sites for hydroxylation is 4. The predicted molar refractivity (Wildman–Crippen MR) is 613 cm³/mol. The van der Waals surface area contributed by atoms with Crippen LogP contribution in [0.15, 0.2) is 327 Å². The Hall–Kier alpha value is -12.4. The quantitative estimate of drug-likeness (QED) is 0.0185. The molecule has 28 nitrogen and oxygen atoms in total. The minimum absolute atomic E-state index is 0. The molecule has 22 rings (SSSR count). The first-order valence-corrected chi connectivity index (χ1v) is 51.9. The van der Waals surface area contributed by atoms with E-state index in [-0.39, 0.29) is 131 Å². The fourth-order valence-electron chi connectivity index (χ4n) is 16.2. The first-order valence-electron chi connectivity index (χ1n) is 42.9. The predicted octanol–water partition coefficient (Wildman–Crippen LogP) is 28.2. The van der Waals surface area contributed by atoms with Gasteiger partial charge < -0.3 is 43.9 Å². The molecule has 738 valence electrons. The second-order valence-electron chi connectivity index (χ2n) is 31.6. The second kappa shape index (κ2) is 48.5. The van der Waals surface area contributed by atoms with Gasteiger partial charge in [-0.25, -0.2) is 14.4 Å². The van der Waals surface area contributed by atoms with Crippen LogP contribution in [0.2, 0.25) is 20.1 Å². The third kappa shape index (κ3) is 23.3. The van der Waals surface area contributed by atoms with E-state index in [2.05, 4.69) is 217 Å². The van der Waals surface area contributed by atoms with Gasteiger partial charge in [-0.05, 0) is 275 Å². The molecule has 0 atom stereocenters. The number of phenols is 3. The molecule has 0 amide bonds. The Kier molecular flexibility index (Phi) is 36.0. The number of hydrogen-bond donors (Lipinski definition) is 6. The smallest absolute Gasteiger partial charge is 0.337 e. The molecule has 148 heavy (non-hydrogen) atoms. The molecule has 41 heteroatoms. The summed E-state index contributed by atoms with van der Waals surface area (Å²) in [6.07, 6.45) is 29.5. The molecule has 0 fully saturated rings. The van der Waals surface area contributed by atoms with E-state index in [1.165, 1.54) is 86.0 Å². The average Bonchev–Trinajstić information content (AvgIpc) is 0.715. The fourth-order valence-corrected chi connectivity index (χ4v) is 23.2. The van der Waals surface area contributed by atoms with Crippen LogP contribution in [0.3, 0.4) is 0 Å². The van der Waals surface area contributed by atoms with Crippen LogP contribution in [0.5, 0.6) is 17.2 Å². The molecule has 3 aliphatic carbocycles. The van der Waals surface area contributed by atoms with Crippen molar-refractivity contribution in [2.24, 2.45) is 7.05 Å². The molecule has 0 bridgehead atoms. The number of para-hydroxylation sites is 2. The zero-order valence-electron chi connectivity index (χ0n) is 76.1. The van der Waals surface area contributed by atoms with Gasteiger partial charge in [0.15, 0.2) is 28.1 Å². The van der Waals surface area contributed by atoms with Gasteiger partial charge in [0.25, 0.3) is 0 Å². The molecule has 9 aromatic carbocycles. The van der Waals surface area contributed by atoms with Crippen molar-refractivity contribution in [3.63, 3.8) is 0 Å². The van der Waals surface area contributed by atoms with Gasteiger partial charge in [0.1, 0.15) is 82.3 Å². The summed E-state index contributed by atoms with van der Waals surface area (Å²) in [4.78, 5) is 121. The van der Waals surface area contributed by atoms with Gasteiger partial charge in [0.2, 0.25) is 21.9 Å². The van der Waals surface area contributed by atoms with Gasteiger partial charge in [0.05, 0.1) is 104 Å². The van der Waals surface area contributed by atoms with E-state index in [1.54, 1.807) is 184 Å². The number of aromatic nitrogens is 13. The van der Waals surface area contributed by atoms with Crippen molar-refractivity contribution in [2.75, 3.05) is 0 Å². The fraction of sp³-hybridized carbons (Fsp3) is 0.0374. The molecule has 0 saturated carbocycles. The van der Waals surface area contributed by atoms with Gasteiger partial charge in [-0.15, -0.1) is 0 Å². The number of carboxylic acid groups (broad SMARTS) is 3. The van der Waals surface area contributed by atoms with E-state index in [9.17, 15) is 59.4 Å². The van der Waals surface area contributed by atoms with E-state index in [0.29, 0.717) is 91.7 Å². The molecule has 16 aromatic rings. The minimum Gasteiger partial charge on any atom is -0.508 e. The Balaban J connectivity index is 0.000000133. The second-order valence-corrected chi connectivity index (χ2v) is 40.9. The van der Waals surface area contributed by atoms with Crippen molar-refractivity contribution in [2.45, 2.75) is 20.8 Å². The summed E-state index contributed by atoms with van der Waals surface area (Å²) < 4.78 is 22.9. The van der Waals surface area contributed by atoms with Crippen LogP contribution in [0.1, 0.15) is 47.8 Å². The Labute approximate surface area is 959 Å². The van der Waals surface area contributed by atoms with Gasteiger partial charge in [-0.3, -0.25) is 74.2 Å². The van der Waals surface area contributed by atoms with Gasteiger partial charge in [0, 0.05) is 179 Å². The van der Waals surface area contributed by atoms with Crippen LogP contribution in [-0.4, -0.2) is 108 Å². The standard InChI is InChI=1S/C23H22N.C20H8Br4O5.C20H4Cl4I4O5.C20H12O5.3C8H6N4.Ru/c1-15-13-16(2)22(17(3)14-15)23-18-9-5-7-11-20(18)24(4)21-12-8-6-10-19(21)23;21-11-5-9-13(7-3-1-2-4-8(7)20(27)28)10-6-12(22)17(26)15(24)19(10)29-18(9)14(23)16(11)25;21-10-8(9(20(31)32)11(22)13(24)12(10)23)7-3-1-5(25)16(29)14(27)18(3)33-19-4(7)2-6(26)17(30)15(19)28;21-11-5-7-15-17(9-11)25-18-10-12(22)6-8-16(18)19(15)13-3-1-2-4-14(13)20(23)24;3*1-3-11-7(5-9-1)8-6-10-2-4-12-8;/h5-14H,1-4H3;1-6,25H,(H,27,28);1-2,29H,(H,31,32);1-10,21H,(H,23,24);3*1-6H;/q+1;;;;;;;. The van der Waals surface area contributed by atoms with Crippen molar-refractivity contribution >= 4 is 273 Å². The zero-order valence-corrected chi connectivity index (χ0v) is 95.9. The summed E-state index contributed by atoms with van der Waals surface area (Å²) in [6.45, 7) is 6.63. The maximum absolute atomic E-state index is 12.7. The first-order chi connectivity index (χ1) is 70.6. The summed E-state index contributed by atoms with van der Waals surface area (Å²) in [5.74, 6) is -2.79. The number of nitrogens with zero attached hydrogens (tertiary/aromatic N) is 13. The molecule has 6 aliphatic rings. The maximum Gasteiger partial charge on any atom is 0.337 e. The van der Waals surface area contributed by atoms with Crippen molar-refractivity contribution in [3.8, 4) is 130 Å². The SMILES string of the molecule is Cc1cc(C)c(-c2c3ccccc3[n+](C)c3ccccc23)c(C)c1.O=C(O)c1c(Cl)c(Cl)c(Cl)c(Cl)c1-c1c2cc(I)c(=O)c(I)c-2oc2c(I)c(O)c(I)cc12.O=C(O)c1ccccc1-c1c2cc(Br)c(=O)c(Br)c-2oc2c(Br)c(O)c(Br)cc12.O=C(O)c1ccccc1-c1c2ccc(=O)cc-2oc2cc(O)ccc12.[Ru].c1cnc(-c2cnccn2)cn1.c1cnc(-c2cnccn2)cn1.c1cnc(-c2cnccn2)cn1. The number of hydrogen-bond acceptors (Lipinski definition) is 24. The third-order valence-corrected chi connectivity index (χ3v) is 30.5. The van der Waals surface area contributed by atoms with E-state index in [0.717, 1.165) is 34.2 Å². The largest absolute Gasteiger partial charge is 0.508 e. The Morgan fingerprint density at radius 1 is 0.365 bits per heavy atom. The molecule has 7 aromatic heterocycles. The van der Waals surface area contributed by atoms with Crippen LogP contribution < -0.4 is 20.9 Å². The molecule has 3 aliphatic heterocycles. The molecule has 0 saturated heterocycles. The molecule has 10 heterocycles. The van der Waals surface area contributed by atoms with Gasteiger partial charge >= 0.3 is 17.9 Å². The van der Waals surface area contributed by atoms with Crippen molar-refractivity contribution in [1.29, 1.82) is 0 Å². The normalized spacial score (nSPS) is 10.8. The molecule has 0 radical (unpaired) electrons. The van der Waals surface area contributed by atoms with Crippen molar-refractivity contribution < 1.29 is 82.3 Å². The summed E-state index contributed by atoms with van der Waals surface area (Å²) in [5, 5.41) is 63.5. The Morgan fingerprint density at radius 2 is 0.811 bits per heavy atom. The number of carboxylic acids is 3. The summed E-state index contributed by atoms with van der Waals surface area (Å²) in [7, 11) is 2.16. The van der Waals surface area contributed by atoms with Crippen LogP contribution in [-0.2, 0) is 26.5 Å². The third-order valence-electron chi connectivity index (χ3n) is 22.5. The van der Waals surface area contributed by atoms with E-state index in [4.69, 9.17) is 59.7 Å². The zero-order chi connectivity index (χ0) is 105. The topological polar surface area (TPSA) is 422 Å². The van der Waals surface area contributed by atoms with Crippen molar-refractivity contribution in [1.82, 2.24) is 59.8 Å². The minimum atomic E-state index is -1.37. The summed E-state index contributed by atoms with van der Waals surface area (Å²) in [6, 6.07) is 50.8. The number of aromatic hydroxyl groups is 3. The Morgan fingerprint density at radius 3 is 1.28 bits per heavy atom. The summed E-state index contributed by atoms with van der Waals surface area (Å²) in [5.41, 5.74) is 17.9. The number of aromatic carboxylic acids is 3. The number of benzene rings is 12. The monoisotopic (exact) mass is 2840 g/mol. The molecule has 6 N–H and O–H groups in total. The van der Waals surface area contributed by atoms with Crippen LogP contribution in [0, 0.1) is 35.1 Å². The van der Waals surface area contributed by atoms with Crippen molar-refractivity contribution in [3.05, 3.63) is 398 Å². The van der Waals surface area contributed by atoms with Crippen LogP contribution in [0.25, 0.3) is 167 Å². The molecule has 0 unspecified atom stereocenters. The molecular weight excluding hydrogens is 2780 g/mol. The average molecular weight is 2840 g/mol. The Bertz CT molecular complexity index is 8660. The number of rotatable bonds is 10. The van der Waals surface area contributed by atoms with Crippen LogP contribution in [0.4, 0.5) is 0 Å². The maximum atomic E-state index is 12.7. The number of fused-ring (bicyclic) bond motifs is 8. The van der Waals surface area contributed by atoms with E-state index >= 15 is 0 Å². The number of phenolic OH excluding ortho intramolecular Hbond substituents is 3. The molecule has 0 spiro atoms. The number of carbonyl (C=O) groups is 3. The van der Waals surface area contributed by atoms with Crippen LogP contribution >= 0.6 is 200 Å². The van der Waals surface area contributed by atoms with Gasteiger partial charge in [-0.2, -0.15) is 4.57 Å². The number of halogens is 12. The first kappa shape index (κ1) is 110. The molecular formula is C107H64Br4Cl4I4N13O15Ru+.